The maximum atomic E-state index is 4.78. The summed E-state index contributed by atoms with van der Waals surface area (Å²) in [5.41, 5.74) is 3.89. The topological polar surface area (TPSA) is 12.9 Å². The average molecular weight is 1020 g/mol. The van der Waals surface area contributed by atoms with Gasteiger partial charge in [0.25, 0.3) is 0 Å². The number of hydrogen-bond donors (Lipinski definition) is 0. The van der Waals surface area contributed by atoms with Crippen molar-refractivity contribution in [3.8, 4) is 0 Å². The van der Waals surface area contributed by atoms with Crippen molar-refractivity contribution >= 4 is 236 Å². The fourth-order valence-electron chi connectivity index (χ4n) is 3.95. The molecule has 0 N–H and O–H groups in total. The van der Waals surface area contributed by atoms with E-state index in [-0.39, 0.29) is 0 Å². The molecule has 2 bridgehead atoms. The molecule has 0 aromatic carbocycles. The molecule has 2 aliphatic carbocycles. The molecule has 1 aromatic rings. The van der Waals surface area contributed by atoms with Gasteiger partial charge in [0.05, 0.1) is 0 Å². The van der Waals surface area contributed by atoms with Gasteiger partial charge in [-0.2, -0.15) is 0 Å². The van der Waals surface area contributed by atoms with Crippen LogP contribution in [0.2, 0.25) is 0 Å². The molecule has 40 heavy (non-hydrogen) atoms. The van der Waals surface area contributed by atoms with E-state index < -0.39 is 0 Å². The Labute approximate surface area is 313 Å². The summed E-state index contributed by atoms with van der Waals surface area (Å²) in [6.07, 6.45) is 6.74. The van der Waals surface area contributed by atoms with Crippen LogP contribution in [0.5, 0.6) is 0 Å². The third-order valence-corrected chi connectivity index (χ3v) is 56.8. The van der Waals surface area contributed by atoms with Crippen LogP contribution >= 0.6 is 0 Å². The smallest absolute Gasteiger partial charge is 0.0308 e. The molecule has 0 aliphatic heterocycles. The van der Waals surface area contributed by atoms with Crippen LogP contribution < -0.4 is 0 Å². The summed E-state index contributed by atoms with van der Waals surface area (Å²) < 4.78 is 0. The normalized spacial score (nSPS) is 17.9. The molecule has 3 rings (SSSR count). The molecule has 2 aliphatic rings. The van der Waals surface area contributed by atoms with Gasteiger partial charge in [0.1, 0.15) is 0 Å². The number of pyridine rings is 1. The Morgan fingerprint density at radius 3 is 1.27 bits per heavy atom. The fraction of sp³-hybridized carbons (Fsp3) is 0.615. The molecule has 1 aromatic heterocycles. The second-order valence-electron chi connectivity index (χ2n) is 7.24. The van der Waals surface area contributed by atoms with Crippen LogP contribution in [0.3, 0.4) is 0 Å². The minimum absolute atomic E-state index is 0.376. The lowest BCUT2D eigenvalue weighted by molar-refractivity contribution is 0.230. The molecule has 2 unspecified atom stereocenters. The molecule has 1 saturated carbocycles. The summed E-state index contributed by atoms with van der Waals surface area (Å²) >= 11 is 9.55. The predicted octanol–water partition coefficient (Wildman–Crippen LogP) is 3.19. The second-order valence-corrected chi connectivity index (χ2v) is 49.7. The molecule has 0 radical (unpaired) electrons. The molecule has 1 fully saturated rings. The highest BCUT2D eigenvalue weighted by Gasteiger charge is 2.59. The van der Waals surface area contributed by atoms with Gasteiger partial charge in [-0.05, 0) is 46.8 Å². The third-order valence-electron chi connectivity index (χ3n) is 5.69. The molecule has 1 nitrogen and oxygen atoms in total. The van der Waals surface area contributed by atoms with Crippen molar-refractivity contribution in [3.05, 3.63) is 29.6 Å². The van der Waals surface area contributed by atoms with Crippen molar-refractivity contribution in [2.24, 2.45) is 5.41 Å². The lowest BCUT2D eigenvalue weighted by Crippen LogP contribution is -2.31. The Balaban J connectivity index is 0.000000328. The van der Waals surface area contributed by atoms with Crippen LogP contribution in [0.15, 0.2) is 18.5 Å². The van der Waals surface area contributed by atoms with Gasteiger partial charge in [-0.15, -0.1) is 0 Å². The highest BCUT2D eigenvalue weighted by atomic mass is 33.5. The molecule has 2 atom stereocenters. The van der Waals surface area contributed by atoms with Gasteiger partial charge in [-0.3, -0.25) is 4.98 Å². The monoisotopic (exact) mass is 1020 g/mol. The highest BCUT2D eigenvalue weighted by Crippen LogP contribution is 2.67. The van der Waals surface area contributed by atoms with Gasteiger partial charge in [-0.25, -0.2) is 0 Å². The van der Waals surface area contributed by atoms with E-state index in [1.165, 1.54) is 36.2 Å². The Hall–Kier alpha value is 4.87. The molecule has 230 valence electrons. The average Bonchev–Trinajstić information content (AvgIpc) is 3.29. The van der Waals surface area contributed by atoms with E-state index >= 15 is 0 Å². The van der Waals surface area contributed by atoms with Crippen LogP contribution in [0, 0.1) is 5.41 Å². The van der Waals surface area contributed by atoms with Gasteiger partial charge in [-0.1, -0.05) is 20.8 Å². The van der Waals surface area contributed by atoms with Crippen LogP contribution in [0.1, 0.15) is 50.7 Å². The molecule has 1 heterocycles. The number of fused-ring (bicyclic) bond motifs is 5. The van der Waals surface area contributed by atoms with Crippen molar-refractivity contribution in [2.45, 2.75) is 44.9 Å². The Bertz CT molecular complexity index is 2050. The quantitative estimate of drug-likeness (QED) is 0.397. The second kappa shape index (κ2) is 25.8. The van der Waals surface area contributed by atoms with E-state index in [1.807, 2.05) is 77.2 Å². The maximum absolute atomic E-state index is 4.78. The summed E-state index contributed by atoms with van der Waals surface area (Å²) in [6, 6.07) is 2.23. The van der Waals surface area contributed by atoms with Crippen molar-refractivity contribution < 1.29 is 0 Å². The predicted molar refractivity (Wildman–Crippen MR) is 249 cm³/mol. The number of nitrogens with zero attached hydrogens (tertiary/aromatic N) is 1. The lowest BCUT2D eigenvalue weighted by Gasteiger charge is -2.35. The van der Waals surface area contributed by atoms with Gasteiger partial charge < -0.3 is 0 Å². The van der Waals surface area contributed by atoms with E-state index in [1.54, 1.807) is 130 Å². The summed E-state index contributed by atoms with van der Waals surface area (Å²) in [5.74, 6) is 0.769. The van der Waals surface area contributed by atoms with Crippen LogP contribution in [0.4, 0.5) is 0 Å². The van der Waals surface area contributed by atoms with E-state index in [2.05, 4.69) is 38.0 Å². The summed E-state index contributed by atoms with van der Waals surface area (Å²) in [5, 5.41) is 0. The summed E-state index contributed by atoms with van der Waals surface area (Å²) in [4.78, 5) is 4.29. The molecule has 0 spiro atoms. The Morgan fingerprint density at radius 2 is 0.950 bits per heavy atom. The summed E-state index contributed by atoms with van der Waals surface area (Å²) in [7, 11) is 41.8. The first-order valence-corrected chi connectivity index (χ1v) is 43.0. The van der Waals surface area contributed by atoms with Gasteiger partial charge >= 0.3 is 0 Å². The Kier molecular flexibility index (Phi) is 26.5. The minimum atomic E-state index is 0.376. The largest absolute Gasteiger partial charge is 0.264 e. The number of hydrogen-bond acceptors (Lipinski definition) is 3. The first-order valence-electron chi connectivity index (χ1n) is 9.68. The van der Waals surface area contributed by atoms with Gasteiger partial charge in [0.2, 0.25) is 0 Å². The highest BCUT2D eigenvalue weighted by molar-refractivity contribution is 8.79. The van der Waals surface area contributed by atoms with Crippen LogP contribution in [-0.4, -0.2) is 4.98 Å². The fourth-order valence-corrected chi connectivity index (χ4v) is 64.3. The molecular weight excluding hydrogens is 1000 g/mol. The maximum Gasteiger partial charge on any atom is 0.0308 e. The molecule has 0 amide bonds. The Morgan fingerprint density at radius 1 is 0.600 bits per heavy atom. The third kappa shape index (κ3) is 15.4. The zero-order valence-electron chi connectivity index (χ0n) is 19.8. The van der Waals surface area contributed by atoms with E-state index in [0.29, 0.717) is 10.8 Å². The summed E-state index contributed by atoms with van der Waals surface area (Å²) in [6.45, 7) is 7.26. The van der Waals surface area contributed by atoms with Gasteiger partial charge in [0, 0.05) is 248 Å². The van der Waals surface area contributed by atoms with Crippen molar-refractivity contribution in [1.82, 2.24) is 4.98 Å². The first kappa shape index (κ1) is 41.0. The lowest BCUT2D eigenvalue weighted by atomic mass is 9.69. The first-order chi connectivity index (χ1) is 19.5. The van der Waals surface area contributed by atoms with Crippen LogP contribution in [0.25, 0.3) is 0 Å². The van der Waals surface area contributed by atoms with E-state index in [9.17, 15) is 0 Å². The van der Waals surface area contributed by atoms with Crippen molar-refractivity contribution in [2.75, 3.05) is 0 Å². The minimum Gasteiger partial charge on any atom is -0.264 e. The SMILES string of the molecule is CC12CCC(c3ccncc31)C2(C)C.S=S=S=S=S=S=S=S=S=S=S=S=S=S=S=S=S=S=S=S=S=S=S=S=S=S. The number of aromatic nitrogens is 1. The van der Waals surface area contributed by atoms with Crippen LogP contribution in [-0.2, 0) is 241 Å². The molecule has 0 saturated heterocycles. The molecular formula is C13H17NS26. The van der Waals surface area contributed by atoms with Gasteiger partial charge in [0.15, 0.2) is 0 Å². The molecule has 27 heteroatoms. The zero-order valence-corrected chi connectivity index (χ0v) is 41.0. The van der Waals surface area contributed by atoms with E-state index in [0.717, 1.165) is 5.92 Å². The standard InChI is InChI=1S/C13H17N.S26/c1-12(2)10-4-6-13(12,3)11-8-14-7-5-9(10)11;1-3-5-7-9-11-13-15-17-19-21-23-25-26-24-22-20-18-16-14-12-10-8-6-4-2/h5,7-8,10H,4,6H2,1-3H3;. The number of rotatable bonds is 0. The van der Waals surface area contributed by atoms with E-state index in [4.69, 9.17) is 22.4 Å². The zero-order chi connectivity index (χ0) is 28.9. The van der Waals surface area contributed by atoms with Crippen molar-refractivity contribution in [1.29, 1.82) is 0 Å². The van der Waals surface area contributed by atoms with Crippen molar-refractivity contribution in [3.63, 3.8) is 0 Å².